The predicted molar refractivity (Wildman–Crippen MR) is 110 cm³/mol. The van der Waals surface area contributed by atoms with Crippen LogP contribution in [0.1, 0.15) is 26.2 Å². The second-order valence-corrected chi connectivity index (χ2v) is 9.29. The summed E-state index contributed by atoms with van der Waals surface area (Å²) in [6, 6.07) is 5.97. The van der Waals surface area contributed by atoms with E-state index in [4.69, 9.17) is 4.74 Å². The molecule has 2 N–H and O–H groups in total. The molecule has 1 unspecified atom stereocenters. The molecule has 0 saturated carbocycles. The van der Waals surface area contributed by atoms with Gasteiger partial charge in [-0.05, 0) is 37.6 Å². The van der Waals surface area contributed by atoms with E-state index in [2.05, 4.69) is 15.7 Å². The number of hydrogen-bond acceptors (Lipinski definition) is 7. The first-order chi connectivity index (χ1) is 14.3. The standard InChI is InChI=1S/C19H24N4O6S/c1-2-20-17(24)11-29-15-5-3-13(4-6-15)21-19(26)16-7-8-18(25)23(22-16)14-9-10-30(27,28)12-14/h3-6,14H,2,7-12H2,1H3,(H,20,24)(H,21,26). The molecule has 0 aliphatic carbocycles. The van der Waals surface area contributed by atoms with Gasteiger partial charge in [0.1, 0.15) is 11.5 Å². The van der Waals surface area contributed by atoms with Crippen molar-refractivity contribution in [2.24, 2.45) is 5.10 Å². The molecule has 1 fully saturated rings. The number of anilines is 1. The number of benzene rings is 1. The summed E-state index contributed by atoms with van der Waals surface area (Å²) in [6.07, 6.45) is 0.619. The predicted octanol–water partition coefficient (Wildman–Crippen LogP) is 0.306. The average Bonchev–Trinajstić information content (AvgIpc) is 3.07. The van der Waals surface area contributed by atoms with E-state index in [-0.39, 0.29) is 48.5 Å². The van der Waals surface area contributed by atoms with Crippen molar-refractivity contribution in [2.75, 3.05) is 30.0 Å². The van der Waals surface area contributed by atoms with Crippen LogP contribution in [0, 0.1) is 0 Å². The quantitative estimate of drug-likeness (QED) is 0.632. The molecule has 0 radical (unpaired) electrons. The van der Waals surface area contributed by atoms with Crippen LogP contribution in [0.5, 0.6) is 5.75 Å². The van der Waals surface area contributed by atoms with Crippen molar-refractivity contribution in [3.8, 4) is 5.75 Å². The van der Waals surface area contributed by atoms with Gasteiger partial charge in [0.05, 0.1) is 17.5 Å². The summed E-state index contributed by atoms with van der Waals surface area (Å²) < 4.78 is 28.7. The van der Waals surface area contributed by atoms with E-state index in [1.807, 2.05) is 6.92 Å². The number of hydrogen-bond donors (Lipinski definition) is 2. The Bertz CT molecular complexity index is 958. The number of sulfone groups is 1. The Morgan fingerprint density at radius 3 is 2.60 bits per heavy atom. The molecule has 11 heteroatoms. The summed E-state index contributed by atoms with van der Waals surface area (Å²) in [5, 5.41) is 10.6. The third-order valence-corrected chi connectivity index (χ3v) is 6.48. The first kappa shape index (κ1) is 21.8. The highest BCUT2D eigenvalue weighted by atomic mass is 32.2. The highest BCUT2D eigenvalue weighted by molar-refractivity contribution is 7.91. The number of amides is 3. The van der Waals surface area contributed by atoms with Gasteiger partial charge in [0.2, 0.25) is 5.91 Å². The van der Waals surface area contributed by atoms with Crippen LogP contribution in [0.15, 0.2) is 29.4 Å². The summed E-state index contributed by atoms with van der Waals surface area (Å²) in [7, 11) is -3.17. The molecule has 1 aromatic rings. The number of likely N-dealkylation sites (N-methyl/N-ethyl adjacent to an activating group) is 1. The van der Waals surface area contributed by atoms with Crippen LogP contribution < -0.4 is 15.4 Å². The zero-order valence-electron chi connectivity index (χ0n) is 16.6. The third kappa shape index (κ3) is 5.56. The van der Waals surface area contributed by atoms with E-state index in [9.17, 15) is 22.8 Å². The van der Waals surface area contributed by atoms with Crippen LogP contribution in [-0.2, 0) is 24.2 Å². The highest BCUT2D eigenvalue weighted by Gasteiger charge is 2.37. The SMILES string of the molecule is CCNC(=O)COc1ccc(NC(=O)C2=NN(C3CCS(=O)(=O)C3)C(=O)CC2)cc1. The van der Waals surface area contributed by atoms with Gasteiger partial charge in [0.15, 0.2) is 16.4 Å². The maximum atomic E-state index is 12.6. The Hall–Kier alpha value is -2.95. The Kier molecular flexibility index (Phi) is 6.70. The Labute approximate surface area is 174 Å². The van der Waals surface area contributed by atoms with Crippen LogP contribution in [-0.4, -0.2) is 67.6 Å². The number of carbonyl (C=O) groups excluding carboxylic acids is 3. The van der Waals surface area contributed by atoms with Crippen LogP contribution in [0.4, 0.5) is 5.69 Å². The molecule has 3 rings (SSSR count). The van der Waals surface area contributed by atoms with Gasteiger partial charge in [-0.2, -0.15) is 5.10 Å². The molecular weight excluding hydrogens is 412 g/mol. The monoisotopic (exact) mass is 436 g/mol. The normalized spacial score (nSPS) is 20.4. The number of carbonyl (C=O) groups is 3. The average molecular weight is 436 g/mol. The zero-order valence-corrected chi connectivity index (χ0v) is 17.4. The molecule has 30 heavy (non-hydrogen) atoms. The molecule has 1 aromatic carbocycles. The number of hydrazone groups is 1. The Morgan fingerprint density at radius 2 is 1.97 bits per heavy atom. The molecule has 2 aliphatic heterocycles. The van der Waals surface area contributed by atoms with Crippen molar-refractivity contribution in [3.05, 3.63) is 24.3 Å². The third-order valence-electron chi connectivity index (χ3n) is 4.73. The van der Waals surface area contributed by atoms with Gasteiger partial charge >= 0.3 is 0 Å². The van der Waals surface area contributed by atoms with Gasteiger partial charge in [-0.25, -0.2) is 13.4 Å². The largest absolute Gasteiger partial charge is 0.484 e. The molecular formula is C19H24N4O6S. The second kappa shape index (κ2) is 9.24. The van der Waals surface area contributed by atoms with Crippen LogP contribution >= 0.6 is 0 Å². The van der Waals surface area contributed by atoms with E-state index >= 15 is 0 Å². The second-order valence-electron chi connectivity index (χ2n) is 7.06. The molecule has 3 amide bonds. The Balaban J connectivity index is 1.60. The van der Waals surface area contributed by atoms with E-state index < -0.39 is 21.8 Å². The highest BCUT2D eigenvalue weighted by Crippen LogP contribution is 2.23. The van der Waals surface area contributed by atoms with Gasteiger partial charge in [-0.1, -0.05) is 0 Å². The lowest BCUT2D eigenvalue weighted by Gasteiger charge is -2.27. The van der Waals surface area contributed by atoms with E-state index in [0.29, 0.717) is 24.4 Å². The molecule has 0 aromatic heterocycles. The van der Waals surface area contributed by atoms with Gasteiger partial charge in [0, 0.05) is 25.1 Å². The molecule has 0 bridgehead atoms. The summed E-state index contributed by atoms with van der Waals surface area (Å²) in [5.41, 5.74) is 0.676. The lowest BCUT2D eigenvalue weighted by atomic mass is 10.1. The molecule has 2 aliphatic rings. The number of rotatable bonds is 7. The van der Waals surface area contributed by atoms with Crippen LogP contribution in [0.25, 0.3) is 0 Å². The van der Waals surface area contributed by atoms with Crippen molar-refractivity contribution < 1.29 is 27.5 Å². The number of nitrogens with zero attached hydrogens (tertiary/aromatic N) is 2. The van der Waals surface area contributed by atoms with E-state index in [0.717, 1.165) is 5.01 Å². The summed E-state index contributed by atoms with van der Waals surface area (Å²) in [4.78, 5) is 36.1. The maximum Gasteiger partial charge on any atom is 0.271 e. The van der Waals surface area contributed by atoms with Crippen molar-refractivity contribution in [1.82, 2.24) is 10.3 Å². The summed E-state index contributed by atoms with van der Waals surface area (Å²) >= 11 is 0. The number of ether oxygens (including phenoxy) is 1. The topological polar surface area (TPSA) is 134 Å². The van der Waals surface area contributed by atoms with Gasteiger partial charge in [-0.3, -0.25) is 14.4 Å². The fourth-order valence-corrected chi connectivity index (χ4v) is 4.91. The minimum atomic E-state index is -3.17. The lowest BCUT2D eigenvalue weighted by Crippen LogP contribution is -2.42. The lowest BCUT2D eigenvalue weighted by molar-refractivity contribution is -0.133. The molecule has 1 saturated heterocycles. The molecule has 2 heterocycles. The van der Waals surface area contributed by atoms with Gasteiger partial charge in [-0.15, -0.1) is 0 Å². The van der Waals surface area contributed by atoms with Crippen molar-refractivity contribution in [2.45, 2.75) is 32.2 Å². The summed E-state index contributed by atoms with van der Waals surface area (Å²) in [6.45, 7) is 2.24. The fraction of sp³-hybridized carbons (Fsp3) is 0.474. The number of nitrogens with one attached hydrogen (secondary N) is 2. The van der Waals surface area contributed by atoms with Gasteiger partial charge in [0.25, 0.3) is 11.8 Å². The van der Waals surface area contributed by atoms with Gasteiger partial charge < -0.3 is 15.4 Å². The van der Waals surface area contributed by atoms with Crippen molar-refractivity contribution >= 4 is 39.0 Å². The first-order valence-corrected chi connectivity index (χ1v) is 11.5. The van der Waals surface area contributed by atoms with E-state index in [1.54, 1.807) is 24.3 Å². The molecule has 10 nitrogen and oxygen atoms in total. The van der Waals surface area contributed by atoms with Crippen LogP contribution in [0.3, 0.4) is 0 Å². The first-order valence-electron chi connectivity index (χ1n) is 9.68. The molecule has 0 spiro atoms. The van der Waals surface area contributed by atoms with E-state index in [1.165, 1.54) is 0 Å². The summed E-state index contributed by atoms with van der Waals surface area (Å²) in [5.74, 6) is -0.582. The van der Waals surface area contributed by atoms with Crippen molar-refractivity contribution in [3.63, 3.8) is 0 Å². The Morgan fingerprint density at radius 1 is 1.23 bits per heavy atom. The zero-order chi connectivity index (χ0) is 21.7. The minimum Gasteiger partial charge on any atom is -0.484 e. The van der Waals surface area contributed by atoms with Crippen molar-refractivity contribution in [1.29, 1.82) is 0 Å². The maximum absolute atomic E-state index is 12.6. The fourth-order valence-electron chi connectivity index (χ4n) is 3.22. The molecule has 162 valence electrons. The molecule has 1 atom stereocenters. The smallest absolute Gasteiger partial charge is 0.271 e. The van der Waals surface area contributed by atoms with Crippen LogP contribution in [0.2, 0.25) is 0 Å². The minimum absolute atomic E-state index is 0.0209.